The molecule has 2 N–H and O–H groups in total. The molecular weight excluding hydrogens is 280 g/mol. The summed E-state index contributed by atoms with van der Waals surface area (Å²) in [6, 6.07) is 5.35. The molecule has 0 aliphatic carbocycles. The number of carbonyl (C=O) groups is 2. The summed E-state index contributed by atoms with van der Waals surface area (Å²) in [7, 11) is 0. The van der Waals surface area contributed by atoms with Gasteiger partial charge >= 0.3 is 0 Å². The van der Waals surface area contributed by atoms with Gasteiger partial charge in [-0.15, -0.1) is 0 Å². The zero-order valence-electron chi connectivity index (χ0n) is 14.1. The smallest absolute Gasteiger partial charge is 0.258 e. The molecule has 0 saturated heterocycles. The second-order valence-corrected chi connectivity index (χ2v) is 5.89. The lowest BCUT2D eigenvalue weighted by Gasteiger charge is -2.24. The molecule has 0 aromatic heterocycles. The van der Waals surface area contributed by atoms with Crippen molar-refractivity contribution in [3.05, 3.63) is 29.3 Å². The summed E-state index contributed by atoms with van der Waals surface area (Å²) in [5.74, 6) is 0.0605. The second-order valence-electron chi connectivity index (χ2n) is 5.89. The molecule has 0 fully saturated rings. The fourth-order valence-electron chi connectivity index (χ4n) is 1.92. The predicted octanol–water partition coefficient (Wildman–Crippen LogP) is 2.43. The molecule has 0 atom stereocenters. The van der Waals surface area contributed by atoms with E-state index in [0.717, 1.165) is 12.0 Å². The molecule has 0 bridgehead atoms. The Morgan fingerprint density at radius 3 is 2.50 bits per heavy atom. The Morgan fingerprint density at radius 1 is 1.23 bits per heavy atom. The third-order valence-electron chi connectivity index (χ3n) is 3.50. The summed E-state index contributed by atoms with van der Waals surface area (Å²) < 4.78 is 5.61. The first-order valence-corrected chi connectivity index (χ1v) is 7.62. The Kier molecular flexibility index (Phi) is 6.40. The number of hydrogen-bond donors (Lipinski definition) is 2. The molecule has 0 unspecified atom stereocenters. The molecule has 0 spiro atoms. The standard InChI is InChI=1S/C17H26N2O3/c1-6-17(4,5)19-14(20)11-22-15-12(3)9-8-10-13(15)16(21)18-7-2/h8-10H,6-7,11H2,1-5H3,(H,18,21)(H,19,20). The van der Waals surface area contributed by atoms with Gasteiger partial charge in [-0.3, -0.25) is 9.59 Å². The number of carbonyl (C=O) groups excluding carboxylic acids is 2. The van der Waals surface area contributed by atoms with Crippen molar-refractivity contribution in [1.29, 1.82) is 0 Å². The fourth-order valence-corrected chi connectivity index (χ4v) is 1.92. The Labute approximate surface area is 132 Å². The van der Waals surface area contributed by atoms with Crippen LogP contribution in [0.5, 0.6) is 5.75 Å². The van der Waals surface area contributed by atoms with Crippen LogP contribution in [-0.4, -0.2) is 30.5 Å². The first kappa shape index (κ1) is 18.0. The van der Waals surface area contributed by atoms with Crippen LogP contribution in [0.3, 0.4) is 0 Å². The summed E-state index contributed by atoms with van der Waals surface area (Å²) in [6.45, 7) is 10.1. The first-order valence-electron chi connectivity index (χ1n) is 7.62. The van der Waals surface area contributed by atoms with Gasteiger partial charge in [0.25, 0.3) is 11.8 Å². The monoisotopic (exact) mass is 306 g/mol. The molecule has 0 heterocycles. The van der Waals surface area contributed by atoms with Gasteiger partial charge in [-0.2, -0.15) is 0 Å². The fraction of sp³-hybridized carbons (Fsp3) is 0.529. The number of hydrogen-bond acceptors (Lipinski definition) is 3. The highest BCUT2D eigenvalue weighted by Crippen LogP contribution is 2.23. The van der Waals surface area contributed by atoms with Crippen LogP contribution < -0.4 is 15.4 Å². The van der Waals surface area contributed by atoms with Gasteiger partial charge in [-0.1, -0.05) is 19.1 Å². The third-order valence-corrected chi connectivity index (χ3v) is 3.50. The van der Waals surface area contributed by atoms with Crippen molar-refractivity contribution in [3.63, 3.8) is 0 Å². The summed E-state index contributed by atoms with van der Waals surface area (Å²) >= 11 is 0. The molecule has 122 valence electrons. The topological polar surface area (TPSA) is 67.4 Å². The van der Waals surface area contributed by atoms with Crippen molar-refractivity contribution in [3.8, 4) is 5.75 Å². The third kappa shape index (κ3) is 5.06. The second kappa shape index (κ2) is 7.82. The van der Waals surface area contributed by atoms with Crippen LogP contribution in [-0.2, 0) is 4.79 Å². The van der Waals surface area contributed by atoms with Crippen LogP contribution in [0.15, 0.2) is 18.2 Å². The minimum Gasteiger partial charge on any atom is -0.483 e. The van der Waals surface area contributed by atoms with E-state index in [1.165, 1.54) is 0 Å². The Bertz CT molecular complexity index is 539. The van der Waals surface area contributed by atoms with Gasteiger partial charge in [0.15, 0.2) is 6.61 Å². The molecule has 1 rings (SSSR count). The number of nitrogens with one attached hydrogen (secondary N) is 2. The van der Waals surface area contributed by atoms with Crippen LogP contribution in [0.4, 0.5) is 0 Å². The van der Waals surface area contributed by atoms with Crippen molar-refractivity contribution >= 4 is 11.8 Å². The molecule has 5 heteroatoms. The van der Waals surface area contributed by atoms with Gasteiger partial charge in [0.2, 0.25) is 0 Å². The molecular formula is C17H26N2O3. The SMILES string of the molecule is CCNC(=O)c1cccc(C)c1OCC(=O)NC(C)(C)CC. The summed E-state index contributed by atoms with van der Waals surface area (Å²) in [5, 5.41) is 5.65. The van der Waals surface area contributed by atoms with Crippen LogP contribution in [0, 0.1) is 6.92 Å². The minimum absolute atomic E-state index is 0.110. The maximum absolute atomic E-state index is 12.0. The lowest BCUT2D eigenvalue weighted by Crippen LogP contribution is -2.45. The number of para-hydroxylation sites is 1. The van der Waals surface area contributed by atoms with Gasteiger partial charge in [-0.25, -0.2) is 0 Å². The number of ether oxygens (including phenoxy) is 1. The van der Waals surface area contributed by atoms with Crippen LogP contribution in [0.2, 0.25) is 0 Å². The van der Waals surface area contributed by atoms with E-state index in [1.807, 2.05) is 40.7 Å². The van der Waals surface area contributed by atoms with E-state index >= 15 is 0 Å². The highest BCUT2D eigenvalue weighted by atomic mass is 16.5. The predicted molar refractivity (Wildman–Crippen MR) is 87.2 cm³/mol. The molecule has 5 nitrogen and oxygen atoms in total. The maximum Gasteiger partial charge on any atom is 0.258 e. The molecule has 2 amide bonds. The Morgan fingerprint density at radius 2 is 1.91 bits per heavy atom. The summed E-state index contributed by atoms with van der Waals surface area (Å²) in [4.78, 5) is 24.0. The van der Waals surface area contributed by atoms with E-state index in [2.05, 4.69) is 10.6 Å². The number of aryl methyl sites for hydroxylation is 1. The Hall–Kier alpha value is -2.04. The van der Waals surface area contributed by atoms with E-state index in [9.17, 15) is 9.59 Å². The van der Waals surface area contributed by atoms with E-state index in [4.69, 9.17) is 4.74 Å². The average Bonchev–Trinajstić information content (AvgIpc) is 2.45. The molecule has 0 aliphatic heterocycles. The lowest BCUT2D eigenvalue weighted by molar-refractivity contribution is -0.124. The summed E-state index contributed by atoms with van der Waals surface area (Å²) in [6.07, 6.45) is 0.827. The number of benzene rings is 1. The van der Waals surface area contributed by atoms with Crippen LogP contribution >= 0.6 is 0 Å². The molecule has 1 aromatic rings. The van der Waals surface area contributed by atoms with Crippen molar-refractivity contribution in [2.24, 2.45) is 0 Å². The van der Waals surface area contributed by atoms with E-state index < -0.39 is 0 Å². The quantitative estimate of drug-likeness (QED) is 0.813. The maximum atomic E-state index is 12.0. The van der Waals surface area contributed by atoms with Crippen LogP contribution in [0.1, 0.15) is 50.0 Å². The minimum atomic E-state index is -0.269. The van der Waals surface area contributed by atoms with Crippen molar-refractivity contribution in [2.45, 2.75) is 46.6 Å². The molecule has 1 aromatic carbocycles. The van der Waals surface area contributed by atoms with Gasteiger partial charge in [0.1, 0.15) is 5.75 Å². The largest absolute Gasteiger partial charge is 0.483 e. The normalized spacial score (nSPS) is 11.0. The van der Waals surface area contributed by atoms with Crippen LogP contribution in [0.25, 0.3) is 0 Å². The van der Waals surface area contributed by atoms with Crippen molar-refractivity contribution in [2.75, 3.05) is 13.2 Å². The van der Waals surface area contributed by atoms with E-state index in [1.54, 1.807) is 12.1 Å². The van der Waals surface area contributed by atoms with Crippen molar-refractivity contribution < 1.29 is 14.3 Å². The van der Waals surface area contributed by atoms with Crippen molar-refractivity contribution in [1.82, 2.24) is 10.6 Å². The van der Waals surface area contributed by atoms with Gasteiger partial charge in [0, 0.05) is 12.1 Å². The molecule has 22 heavy (non-hydrogen) atoms. The first-order chi connectivity index (χ1) is 10.3. The molecule has 0 radical (unpaired) electrons. The zero-order valence-corrected chi connectivity index (χ0v) is 14.1. The highest BCUT2D eigenvalue weighted by Gasteiger charge is 2.19. The van der Waals surface area contributed by atoms with E-state index in [-0.39, 0.29) is 24.0 Å². The van der Waals surface area contributed by atoms with Gasteiger partial charge < -0.3 is 15.4 Å². The number of amides is 2. The zero-order chi connectivity index (χ0) is 16.8. The number of rotatable bonds is 7. The molecule has 0 saturated carbocycles. The average molecular weight is 306 g/mol. The van der Waals surface area contributed by atoms with Gasteiger partial charge in [-0.05, 0) is 45.7 Å². The molecule has 0 aliphatic rings. The van der Waals surface area contributed by atoms with E-state index in [0.29, 0.717) is 17.9 Å². The lowest BCUT2D eigenvalue weighted by atomic mass is 10.0. The Balaban J connectivity index is 2.81. The highest BCUT2D eigenvalue weighted by molar-refractivity contribution is 5.97. The summed E-state index contributed by atoms with van der Waals surface area (Å²) in [5.41, 5.74) is 1.00. The van der Waals surface area contributed by atoms with Gasteiger partial charge in [0.05, 0.1) is 5.56 Å².